The highest BCUT2D eigenvalue weighted by Crippen LogP contribution is 2.23. The normalized spacial score (nSPS) is 26.5. The Morgan fingerprint density at radius 1 is 1.50 bits per heavy atom. The van der Waals surface area contributed by atoms with Crippen LogP contribution in [-0.2, 0) is 4.74 Å². The maximum Gasteiger partial charge on any atom is 0.0576 e. The molecular weight excluding hydrogens is 216 g/mol. The molecule has 0 saturated carbocycles. The number of hydrogen-bond donors (Lipinski definition) is 0. The lowest BCUT2D eigenvalue weighted by molar-refractivity contribution is 0.102. The minimum atomic E-state index is 0.559. The minimum Gasteiger partial charge on any atom is -0.378 e. The lowest BCUT2D eigenvalue weighted by Crippen LogP contribution is -2.12. The predicted molar refractivity (Wildman–Crippen MR) is 55.8 cm³/mol. The van der Waals surface area contributed by atoms with E-state index in [1.54, 1.807) is 0 Å². The van der Waals surface area contributed by atoms with Crippen LogP contribution in [0, 0.1) is 5.92 Å². The van der Waals surface area contributed by atoms with E-state index in [4.69, 9.17) is 4.74 Å². The summed E-state index contributed by atoms with van der Waals surface area (Å²) in [4.78, 5) is 0.668. The van der Waals surface area contributed by atoms with E-state index in [9.17, 15) is 0 Å². The predicted octanol–water partition coefficient (Wildman–Crippen LogP) is 3.37. The summed E-state index contributed by atoms with van der Waals surface area (Å²) in [7, 11) is 0. The van der Waals surface area contributed by atoms with Gasteiger partial charge in [0.1, 0.15) is 0 Å². The fourth-order valence-corrected chi connectivity index (χ4v) is 1.81. The Hall–Kier alpha value is 0.440. The van der Waals surface area contributed by atoms with Gasteiger partial charge in [-0.1, -0.05) is 29.8 Å². The third-order valence-electron chi connectivity index (χ3n) is 2.51. The molecule has 2 heteroatoms. The molecular formula is C10H19BrO. The monoisotopic (exact) mass is 234 g/mol. The third kappa shape index (κ3) is 3.44. The van der Waals surface area contributed by atoms with Crippen LogP contribution in [0.1, 0.15) is 39.5 Å². The lowest BCUT2D eigenvalue weighted by atomic mass is 10.0. The Balaban J connectivity index is 2.07. The first kappa shape index (κ1) is 10.5. The Morgan fingerprint density at radius 3 is 2.75 bits per heavy atom. The van der Waals surface area contributed by atoms with E-state index in [-0.39, 0.29) is 0 Å². The molecule has 2 unspecified atom stereocenters. The molecule has 1 nitrogen and oxygen atoms in total. The van der Waals surface area contributed by atoms with Gasteiger partial charge in [0, 0.05) is 11.4 Å². The van der Waals surface area contributed by atoms with E-state index in [0.717, 1.165) is 12.5 Å². The molecule has 1 fully saturated rings. The van der Waals surface area contributed by atoms with Crippen molar-refractivity contribution in [2.75, 3.05) is 6.61 Å². The van der Waals surface area contributed by atoms with Gasteiger partial charge in [0.05, 0.1) is 6.10 Å². The van der Waals surface area contributed by atoms with Gasteiger partial charge in [-0.2, -0.15) is 0 Å². The fraction of sp³-hybridized carbons (Fsp3) is 1.00. The average Bonchev–Trinajstić information content (AvgIpc) is 2.51. The molecule has 2 atom stereocenters. The summed E-state index contributed by atoms with van der Waals surface area (Å²) >= 11 is 3.69. The molecule has 1 rings (SSSR count). The highest BCUT2D eigenvalue weighted by Gasteiger charge is 2.17. The topological polar surface area (TPSA) is 9.23 Å². The van der Waals surface area contributed by atoms with Crippen LogP contribution in [0.5, 0.6) is 0 Å². The number of rotatable bonds is 4. The van der Waals surface area contributed by atoms with Crippen LogP contribution in [0.25, 0.3) is 0 Å². The zero-order chi connectivity index (χ0) is 8.97. The first-order chi connectivity index (χ1) is 5.70. The maximum atomic E-state index is 5.56. The van der Waals surface area contributed by atoms with Gasteiger partial charge in [-0.05, 0) is 31.6 Å². The first-order valence-electron chi connectivity index (χ1n) is 4.96. The van der Waals surface area contributed by atoms with E-state index < -0.39 is 0 Å². The van der Waals surface area contributed by atoms with Gasteiger partial charge in [0.25, 0.3) is 0 Å². The van der Waals surface area contributed by atoms with Crippen molar-refractivity contribution in [2.24, 2.45) is 5.92 Å². The summed E-state index contributed by atoms with van der Waals surface area (Å²) in [5.41, 5.74) is 0. The van der Waals surface area contributed by atoms with E-state index in [2.05, 4.69) is 29.8 Å². The van der Waals surface area contributed by atoms with Crippen molar-refractivity contribution in [1.29, 1.82) is 0 Å². The van der Waals surface area contributed by atoms with E-state index in [1.165, 1.54) is 25.7 Å². The van der Waals surface area contributed by atoms with E-state index in [1.807, 2.05) is 0 Å². The summed E-state index contributed by atoms with van der Waals surface area (Å²) in [5, 5.41) is 0. The standard InChI is InChI=1S/C10H19BrO/c1-8(2)10(11)6-5-9-4-3-7-12-9/h8-10H,3-7H2,1-2H3. The van der Waals surface area contributed by atoms with Crippen molar-refractivity contribution in [2.45, 2.75) is 50.5 Å². The smallest absolute Gasteiger partial charge is 0.0576 e. The van der Waals surface area contributed by atoms with Gasteiger partial charge in [-0.15, -0.1) is 0 Å². The third-order valence-corrected chi connectivity index (χ3v) is 4.03. The van der Waals surface area contributed by atoms with Crippen LogP contribution in [-0.4, -0.2) is 17.5 Å². The molecule has 1 aliphatic heterocycles. The van der Waals surface area contributed by atoms with Crippen LogP contribution in [0.4, 0.5) is 0 Å². The van der Waals surface area contributed by atoms with Crippen molar-refractivity contribution < 1.29 is 4.74 Å². The van der Waals surface area contributed by atoms with Crippen LogP contribution in [0.15, 0.2) is 0 Å². The highest BCUT2D eigenvalue weighted by molar-refractivity contribution is 9.09. The molecule has 1 heterocycles. The Kier molecular flexibility index (Phi) is 4.59. The molecule has 0 aliphatic carbocycles. The summed E-state index contributed by atoms with van der Waals surface area (Å²) in [6.07, 6.45) is 5.58. The second-order valence-corrected chi connectivity index (χ2v) is 5.15. The number of ether oxygens (including phenoxy) is 1. The number of hydrogen-bond acceptors (Lipinski definition) is 1. The molecule has 0 aromatic heterocycles. The molecule has 72 valence electrons. The second-order valence-electron chi connectivity index (χ2n) is 3.97. The molecule has 0 bridgehead atoms. The van der Waals surface area contributed by atoms with Crippen molar-refractivity contribution in [3.63, 3.8) is 0 Å². The van der Waals surface area contributed by atoms with Crippen molar-refractivity contribution in [3.8, 4) is 0 Å². The summed E-state index contributed by atoms with van der Waals surface area (Å²) < 4.78 is 5.56. The molecule has 0 spiro atoms. The lowest BCUT2D eigenvalue weighted by Gasteiger charge is -2.15. The Morgan fingerprint density at radius 2 is 2.25 bits per heavy atom. The molecule has 1 saturated heterocycles. The molecule has 0 N–H and O–H groups in total. The van der Waals surface area contributed by atoms with Crippen LogP contribution in [0.3, 0.4) is 0 Å². The van der Waals surface area contributed by atoms with E-state index in [0.29, 0.717) is 10.9 Å². The summed E-state index contributed by atoms with van der Waals surface area (Å²) in [6, 6.07) is 0. The Bertz CT molecular complexity index is 117. The van der Waals surface area contributed by atoms with Gasteiger partial charge in [0.2, 0.25) is 0 Å². The van der Waals surface area contributed by atoms with Gasteiger partial charge < -0.3 is 4.74 Å². The Labute approximate surface area is 84.0 Å². The van der Waals surface area contributed by atoms with E-state index >= 15 is 0 Å². The van der Waals surface area contributed by atoms with Gasteiger partial charge in [0.15, 0.2) is 0 Å². The molecule has 12 heavy (non-hydrogen) atoms. The average molecular weight is 235 g/mol. The minimum absolute atomic E-state index is 0.559. The summed E-state index contributed by atoms with van der Waals surface area (Å²) in [6.45, 7) is 5.50. The number of alkyl halides is 1. The van der Waals surface area contributed by atoms with Crippen LogP contribution < -0.4 is 0 Å². The molecule has 0 aromatic carbocycles. The molecule has 0 radical (unpaired) electrons. The van der Waals surface area contributed by atoms with Crippen LogP contribution >= 0.6 is 15.9 Å². The molecule has 0 amide bonds. The quantitative estimate of drug-likeness (QED) is 0.679. The maximum absolute atomic E-state index is 5.56. The van der Waals surface area contributed by atoms with Crippen LogP contribution in [0.2, 0.25) is 0 Å². The largest absolute Gasteiger partial charge is 0.378 e. The van der Waals surface area contributed by atoms with Gasteiger partial charge in [-0.25, -0.2) is 0 Å². The molecule has 0 aromatic rings. The van der Waals surface area contributed by atoms with Gasteiger partial charge >= 0.3 is 0 Å². The van der Waals surface area contributed by atoms with Gasteiger partial charge in [-0.3, -0.25) is 0 Å². The van der Waals surface area contributed by atoms with Crippen molar-refractivity contribution in [1.82, 2.24) is 0 Å². The fourth-order valence-electron chi connectivity index (χ4n) is 1.55. The first-order valence-corrected chi connectivity index (χ1v) is 5.87. The van der Waals surface area contributed by atoms with Crippen molar-refractivity contribution in [3.05, 3.63) is 0 Å². The number of halogens is 1. The zero-order valence-corrected chi connectivity index (χ0v) is 9.64. The second kappa shape index (κ2) is 5.23. The van der Waals surface area contributed by atoms with Crippen molar-refractivity contribution >= 4 is 15.9 Å². The SMILES string of the molecule is CC(C)C(Br)CCC1CCCO1. The highest BCUT2D eigenvalue weighted by atomic mass is 79.9. The zero-order valence-electron chi connectivity index (χ0n) is 8.05. The summed E-state index contributed by atoms with van der Waals surface area (Å²) in [5.74, 6) is 0.742. The molecule has 1 aliphatic rings.